The molecular weight excluding hydrogens is 254 g/mol. The predicted molar refractivity (Wildman–Crippen MR) is 74.2 cm³/mol. The number of fused-ring (bicyclic) bond motifs is 1. The highest BCUT2D eigenvalue weighted by atomic mass is 16.5. The Morgan fingerprint density at radius 2 is 2.35 bits per heavy atom. The number of nitrogens with one attached hydrogen (secondary N) is 1. The lowest BCUT2D eigenvalue weighted by molar-refractivity contribution is -0.00538. The van der Waals surface area contributed by atoms with Crippen molar-refractivity contribution in [1.29, 1.82) is 5.26 Å². The molecule has 1 N–H and O–H groups in total. The summed E-state index contributed by atoms with van der Waals surface area (Å²) in [6.45, 7) is 3.90. The summed E-state index contributed by atoms with van der Waals surface area (Å²) in [7, 11) is 1.83. The molecule has 0 amide bonds. The van der Waals surface area contributed by atoms with Crippen molar-refractivity contribution < 1.29 is 4.74 Å². The first-order chi connectivity index (χ1) is 9.59. The van der Waals surface area contributed by atoms with Crippen LogP contribution >= 0.6 is 0 Å². The Morgan fingerprint density at radius 3 is 3.00 bits per heavy atom. The van der Waals surface area contributed by atoms with Crippen LogP contribution in [0.15, 0.2) is 18.5 Å². The molecule has 2 aromatic heterocycles. The van der Waals surface area contributed by atoms with E-state index in [1.54, 1.807) is 0 Å². The van der Waals surface area contributed by atoms with Gasteiger partial charge in [0.2, 0.25) is 0 Å². The first-order valence-corrected chi connectivity index (χ1v) is 6.68. The van der Waals surface area contributed by atoms with E-state index in [9.17, 15) is 5.26 Å². The van der Waals surface area contributed by atoms with Crippen LogP contribution in [0.2, 0.25) is 0 Å². The zero-order valence-electron chi connectivity index (χ0n) is 11.8. The van der Waals surface area contributed by atoms with Crippen molar-refractivity contribution in [3.05, 3.63) is 24.2 Å². The Bertz CT molecular complexity index is 688. The molecule has 6 heteroatoms. The number of rotatable bonds is 2. The first kappa shape index (κ1) is 12.9. The maximum Gasteiger partial charge on any atom is 0.154 e. The van der Waals surface area contributed by atoms with Crippen molar-refractivity contribution in [1.82, 2.24) is 14.6 Å². The average Bonchev–Trinajstić information content (AvgIpc) is 3.01. The topological polar surface area (TPSA) is 75.2 Å². The molecule has 0 spiro atoms. The van der Waals surface area contributed by atoms with Crippen LogP contribution in [-0.2, 0) is 4.74 Å². The van der Waals surface area contributed by atoms with E-state index in [0.717, 1.165) is 23.4 Å². The fourth-order valence-corrected chi connectivity index (χ4v) is 2.71. The van der Waals surface area contributed by atoms with E-state index in [1.165, 1.54) is 6.33 Å². The van der Waals surface area contributed by atoms with Crippen LogP contribution in [0.25, 0.3) is 5.52 Å². The van der Waals surface area contributed by atoms with Crippen LogP contribution in [0.3, 0.4) is 0 Å². The molecule has 6 nitrogen and oxygen atoms in total. The third-order valence-electron chi connectivity index (χ3n) is 4.17. The van der Waals surface area contributed by atoms with E-state index >= 15 is 0 Å². The third-order valence-corrected chi connectivity index (χ3v) is 4.17. The van der Waals surface area contributed by atoms with Gasteiger partial charge in [-0.3, -0.25) is 0 Å². The molecule has 3 atom stereocenters. The van der Waals surface area contributed by atoms with E-state index in [1.807, 2.05) is 37.5 Å². The van der Waals surface area contributed by atoms with Gasteiger partial charge in [-0.05, 0) is 25.5 Å². The molecule has 1 aliphatic heterocycles. The van der Waals surface area contributed by atoms with Gasteiger partial charge < -0.3 is 10.1 Å². The minimum atomic E-state index is -0.728. The van der Waals surface area contributed by atoms with Gasteiger partial charge in [0.15, 0.2) is 11.4 Å². The van der Waals surface area contributed by atoms with Gasteiger partial charge in [0.1, 0.15) is 17.9 Å². The van der Waals surface area contributed by atoms with Crippen molar-refractivity contribution in [2.24, 2.45) is 5.92 Å². The monoisotopic (exact) mass is 271 g/mol. The number of anilines is 1. The Balaban J connectivity index is 2.03. The van der Waals surface area contributed by atoms with Gasteiger partial charge in [0.05, 0.1) is 11.8 Å². The minimum Gasteiger partial charge on any atom is -0.371 e. The largest absolute Gasteiger partial charge is 0.371 e. The maximum atomic E-state index is 9.29. The second-order valence-corrected chi connectivity index (χ2v) is 5.38. The zero-order chi connectivity index (χ0) is 14.3. The molecule has 0 bridgehead atoms. The lowest BCUT2D eigenvalue weighted by atomic mass is 9.91. The molecule has 2 aromatic rings. The molecule has 104 valence electrons. The summed E-state index contributed by atoms with van der Waals surface area (Å²) in [5.74, 6) is 0.967. The van der Waals surface area contributed by atoms with Gasteiger partial charge >= 0.3 is 0 Å². The smallest absolute Gasteiger partial charge is 0.154 e. The Labute approximate surface area is 117 Å². The summed E-state index contributed by atoms with van der Waals surface area (Å²) >= 11 is 0. The number of nitrogens with zero attached hydrogens (tertiary/aromatic N) is 4. The quantitative estimate of drug-likeness (QED) is 0.905. The number of nitriles is 1. The molecule has 20 heavy (non-hydrogen) atoms. The number of hydrogen-bond acceptors (Lipinski definition) is 5. The second kappa shape index (κ2) is 4.46. The summed E-state index contributed by atoms with van der Waals surface area (Å²) in [6.07, 6.45) is 2.22. The zero-order valence-corrected chi connectivity index (χ0v) is 11.8. The first-order valence-electron chi connectivity index (χ1n) is 6.68. The SMILES string of the molecule is CNc1ncnn2c([C@H]3CC(C)[C@](C)(C#N)O3)ccc12. The highest BCUT2D eigenvalue weighted by Gasteiger charge is 2.44. The summed E-state index contributed by atoms with van der Waals surface area (Å²) in [5.41, 5.74) is 1.14. The van der Waals surface area contributed by atoms with Crippen molar-refractivity contribution in [3.63, 3.8) is 0 Å². The normalized spacial score (nSPS) is 29.5. The van der Waals surface area contributed by atoms with Crippen LogP contribution in [0.5, 0.6) is 0 Å². The summed E-state index contributed by atoms with van der Waals surface area (Å²) in [4.78, 5) is 4.19. The molecule has 0 aromatic carbocycles. The van der Waals surface area contributed by atoms with Gasteiger partial charge in [-0.2, -0.15) is 10.4 Å². The number of hydrogen-bond donors (Lipinski definition) is 1. The van der Waals surface area contributed by atoms with Gasteiger partial charge in [-0.15, -0.1) is 0 Å². The highest BCUT2D eigenvalue weighted by Crippen LogP contribution is 2.43. The maximum absolute atomic E-state index is 9.29. The van der Waals surface area contributed by atoms with E-state index < -0.39 is 5.60 Å². The van der Waals surface area contributed by atoms with Crippen molar-refractivity contribution in [2.45, 2.75) is 32.0 Å². The molecule has 1 saturated heterocycles. The fourth-order valence-electron chi connectivity index (χ4n) is 2.71. The average molecular weight is 271 g/mol. The molecule has 1 unspecified atom stereocenters. The number of ether oxygens (including phenoxy) is 1. The molecular formula is C14H17N5O. The third kappa shape index (κ3) is 1.74. The van der Waals surface area contributed by atoms with Crippen LogP contribution in [0.4, 0.5) is 5.82 Å². The van der Waals surface area contributed by atoms with Crippen molar-refractivity contribution >= 4 is 11.3 Å². The van der Waals surface area contributed by atoms with E-state index in [2.05, 4.69) is 21.5 Å². The van der Waals surface area contributed by atoms with Gasteiger partial charge in [-0.25, -0.2) is 9.50 Å². The molecule has 3 rings (SSSR count). The Morgan fingerprint density at radius 1 is 1.55 bits per heavy atom. The standard InChI is InChI=1S/C14H17N5O/c1-9-6-12(20-14(9,2)7-15)10-4-5-11-13(16-3)17-8-18-19(10)11/h4-5,8-9,12H,6H2,1-3H3,(H,16,17,18)/t9?,12-,14+/m1/s1. The van der Waals surface area contributed by atoms with Crippen LogP contribution < -0.4 is 5.32 Å². The molecule has 1 aliphatic rings. The Hall–Kier alpha value is -2.13. The Kier molecular flexibility index (Phi) is 2.87. The van der Waals surface area contributed by atoms with Gasteiger partial charge in [0, 0.05) is 13.0 Å². The van der Waals surface area contributed by atoms with E-state index in [-0.39, 0.29) is 12.0 Å². The van der Waals surface area contributed by atoms with Gasteiger partial charge in [-0.1, -0.05) is 6.92 Å². The molecule has 1 fully saturated rings. The summed E-state index contributed by atoms with van der Waals surface area (Å²) in [6, 6.07) is 6.24. The van der Waals surface area contributed by atoms with Crippen LogP contribution in [-0.4, -0.2) is 27.2 Å². The lowest BCUT2D eigenvalue weighted by Crippen LogP contribution is -2.27. The van der Waals surface area contributed by atoms with Crippen molar-refractivity contribution in [3.8, 4) is 6.07 Å². The minimum absolute atomic E-state index is 0.114. The fraction of sp³-hybridized carbons (Fsp3) is 0.500. The predicted octanol–water partition coefficient (Wildman–Crippen LogP) is 2.15. The van der Waals surface area contributed by atoms with Crippen molar-refractivity contribution in [2.75, 3.05) is 12.4 Å². The second-order valence-electron chi connectivity index (χ2n) is 5.38. The van der Waals surface area contributed by atoms with E-state index in [4.69, 9.17) is 4.74 Å². The van der Waals surface area contributed by atoms with Crippen LogP contribution in [0.1, 0.15) is 32.1 Å². The molecule has 0 saturated carbocycles. The molecule has 3 heterocycles. The highest BCUT2D eigenvalue weighted by molar-refractivity contribution is 5.67. The summed E-state index contributed by atoms with van der Waals surface area (Å²) < 4.78 is 7.81. The number of aromatic nitrogens is 3. The van der Waals surface area contributed by atoms with Gasteiger partial charge in [0.25, 0.3) is 0 Å². The summed E-state index contributed by atoms with van der Waals surface area (Å²) in [5, 5.41) is 16.6. The van der Waals surface area contributed by atoms with E-state index in [0.29, 0.717) is 0 Å². The molecule has 0 aliphatic carbocycles. The molecule has 0 radical (unpaired) electrons. The van der Waals surface area contributed by atoms with Crippen LogP contribution in [0, 0.1) is 17.2 Å². The lowest BCUT2D eigenvalue weighted by Gasteiger charge is -2.19.